The summed E-state index contributed by atoms with van der Waals surface area (Å²) in [6, 6.07) is 15.1. The van der Waals surface area contributed by atoms with E-state index < -0.39 is 0 Å². The number of para-hydroxylation sites is 1. The third kappa shape index (κ3) is 5.64. The van der Waals surface area contributed by atoms with Crippen molar-refractivity contribution in [2.45, 2.75) is 37.8 Å². The number of aromatic nitrogens is 3. The van der Waals surface area contributed by atoms with Crippen LogP contribution < -0.4 is 20.3 Å². The largest absolute Gasteiger partial charge is 0.494 e. The van der Waals surface area contributed by atoms with E-state index in [-0.39, 0.29) is 5.91 Å². The zero-order valence-corrected chi connectivity index (χ0v) is 24.8. The Labute approximate surface area is 251 Å². The Bertz CT molecular complexity index is 1730. The molecule has 2 N–H and O–H groups in total. The molecule has 3 heterocycles. The summed E-state index contributed by atoms with van der Waals surface area (Å²) in [6.45, 7) is 5.51. The van der Waals surface area contributed by atoms with Gasteiger partial charge in [0.15, 0.2) is 0 Å². The van der Waals surface area contributed by atoms with Crippen molar-refractivity contribution in [3.63, 3.8) is 0 Å². The number of carbonyl (C=O) groups excluding carboxylic acids is 1. The Morgan fingerprint density at radius 2 is 2.07 bits per heavy atom. The van der Waals surface area contributed by atoms with Crippen molar-refractivity contribution in [1.82, 2.24) is 19.4 Å². The normalized spacial score (nSPS) is 16.6. The molecule has 2 aromatic carbocycles. The second-order valence-electron chi connectivity index (χ2n) is 11.3. The molecule has 2 fully saturated rings. The molecule has 1 atom stereocenters. The van der Waals surface area contributed by atoms with Crippen molar-refractivity contribution in [3.8, 4) is 23.1 Å². The van der Waals surface area contributed by atoms with Crippen LogP contribution in [0.2, 0.25) is 0 Å². The lowest BCUT2D eigenvalue weighted by Gasteiger charge is -2.29. The minimum Gasteiger partial charge on any atom is -0.494 e. The van der Waals surface area contributed by atoms with Gasteiger partial charge in [-0.3, -0.25) is 4.79 Å². The van der Waals surface area contributed by atoms with Gasteiger partial charge in [0.1, 0.15) is 11.8 Å². The molecule has 4 aromatic rings. The number of nitrogens with zero attached hydrogens (tertiary/aromatic N) is 6. The number of carbonyl (C=O) groups is 1. The van der Waals surface area contributed by atoms with Gasteiger partial charge in [-0.25, -0.2) is 9.97 Å². The first-order valence-electron chi connectivity index (χ1n) is 14.6. The third-order valence-electron chi connectivity index (χ3n) is 8.42. The van der Waals surface area contributed by atoms with E-state index in [4.69, 9.17) is 9.72 Å². The Morgan fingerprint density at radius 1 is 1.26 bits per heavy atom. The average molecular weight is 577 g/mol. The van der Waals surface area contributed by atoms with E-state index in [0.717, 1.165) is 54.5 Å². The number of nitrogens with one attached hydrogen (secondary N) is 2. The molecule has 6 rings (SSSR count). The molecule has 1 unspecified atom stereocenters. The highest BCUT2D eigenvalue weighted by Gasteiger charge is 2.27. The van der Waals surface area contributed by atoms with Crippen molar-refractivity contribution in [3.05, 3.63) is 67.0 Å². The number of hydrogen-bond acceptors (Lipinski definition) is 8. The molecule has 220 valence electrons. The van der Waals surface area contributed by atoms with Crippen LogP contribution >= 0.6 is 0 Å². The predicted octanol–water partition coefficient (Wildman–Crippen LogP) is 5.71. The topological polar surface area (TPSA) is 111 Å². The molecule has 1 aliphatic carbocycles. The number of likely N-dealkylation sites (tertiary alicyclic amines) is 1. The Morgan fingerprint density at radius 3 is 2.77 bits per heavy atom. The number of nitriles is 1. The SMILES string of the molecule is C=CC(=O)Nc1cc(Nc2ncc(C#N)c(-c3cn(C4CC4)c4ccccc34)n2)c(OC)cc1N(C)CC1CCCN1C. The molecular formula is C33H36N8O2. The quantitative estimate of drug-likeness (QED) is 0.231. The molecule has 1 saturated heterocycles. The second kappa shape index (κ2) is 11.8. The maximum atomic E-state index is 12.4. The molecule has 43 heavy (non-hydrogen) atoms. The molecular weight excluding hydrogens is 540 g/mol. The van der Waals surface area contributed by atoms with Gasteiger partial charge in [0.25, 0.3) is 0 Å². The van der Waals surface area contributed by atoms with Crippen molar-refractivity contribution in [2.75, 3.05) is 49.8 Å². The summed E-state index contributed by atoms with van der Waals surface area (Å²) >= 11 is 0. The molecule has 1 saturated carbocycles. The first-order valence-corrected chi connectivity index (χ1v) is 14.6. The Hall–Kier alpha value is -4.88. The van der Waals surface area contributed by atoms with Crippen molar-refractivity contribution < 1.29 is 9.53 Å². The standard InChI is InChI=1S/C33H36N8O2/c1-5-31(42)36-26-15-27(30(43-4)16-29(26)40(3)19-23-9-8-14-39(23)2)37-33-35-18-21(17-34)32(38-33)25-20-41(22-12-13-22)28-11-7-6-10-24(25)28/h5-7,10-11,15-16,18,20,22-23H,1,8-9,12-14,19H2,2-4H3,(H,36,42)(H,35,37,38). The monoisotopic (exact) mass is 576 g/mol. The molecule has 0 bridgehead atoms. The lowest BCUT2D eigenvalue weighted by molar-refractivity contribution is -0.111. The van der Waals surface area contributed by atoms with E-state index >= 15 is 0 Å². The first kappa shape index (κ1) is 28.2. The van der Waals surface area contributed by atoms with Crippen LogP contribution in [0.25, 0.3) is 22.2 Å². The van der Waals surface area contributed by atoms with Gasteiger partial charge < -0.3 is 29.7 Å². The minimum absolute atomic E-state index is 0.310. The van der Waals surface area contributed by atoms with Gasteiger partial charge in [0.05, 0.1) is 41.6 Å². The van der Waals surface area contributed by atoms with E-state index in [0.29, 0.717) is 46.4 Å². The van der Waals surface area contributed by atoms with Gasteiger partial charge in [-0.2, -0.15) is 5.26 Å². The van der Waals surface area contributed by atoms with Crippen LogP contribution in [0.3, 0.4) is 0 Å². The van der Waals surface area contributed by atoms with Crippen molar-refractivity contribution in [2.24, 2.45) is 0 Å². The number of fused-ring (bicyclic) bond motifs is 1. The number of rotatable bonds is 10. The Balaban J connectivity index is 1.38. The molecule has 1 aliphatic heterocycles. The zero-order chi connectivity index (χ0) is 30.1. The summed E-state index contributed by atoms with van der Waals surface area (Å²) in [6.07, 6.45) is 9.49. The molecule has 2 aromatic heterocycles. The maximum Gasteiger partial charge on any atom is 0.247 e. The minimum atomic E-state index is -0.312. The summed E-state index contributed by atoms with van der Waals surface area (Å²) in [5.41, 5.74) is 4.99. The van der Waals surface area contributed by atoms with E-state index in [2.05, 4.69) is 68.0 Å². The van der Waals surface area contributed by atoms with Gasteiger partial charge >= 0.3 is 0 Å². The number of benzene rings is 2. The zero-order valence-electron chi connectivity index (χ0n) is 24.8. The van der Waals surface area contributed by atoms with E-state index in [9.17, 15) is 10.1 Å². The number of ether oxygens (including phenoxy) is 1. The molecule has 0 spiro atoms. The van der Waals surface area contributed by atoms with E-state index in [1.165, 1.54) is 12.5 Å². The number of likely N-dealkylation sites (N-methyl/N-ethyl adjacent to an activating group) is 2. The van der Waals surface area contributed by atoms with Gasteiger partial charge in [0, 0.05) is 54.4 Å². The fourth-order valence-corrected chi connectivity index (χ4v) is 5.96. The molecule has 0 radical (unpaired) electrons. The van der Waals surface area contributed by atoms with E-state index in [1.54, 1.807) is 13.3 Å². The van der Waals surface area contributed by atoms with Crippen LogP contribution in [-0.2, 0) is 4.79 Å². The number of hydrogen-bond donors (Lipinski definition) is 2. The van der Waals surface area contributed by atoms with Crippen LogP contribution in [0, 0.1) is 11.3 Å². The first-order chi connectivity index (χ1) is 20.9. The van der Waals surface area contributed by atoms with Gasteiger partial charge in [-0.05, 0) is 57.5 Å². The summed E-state index contributed by atoms with van der Waals surface area (Å²) in [5.74, 6) is 0.566. The van der Waals surface area contributed by atoms with Crippen LogP contribution in [0.1, 0.15) is 37.3 Å². The van der Waals surface area contributed by atoms with Gasteiger partial charge in [-0.1, -0.05) is 24.8 Å². The van der Waals surface area contributed by atoms with Gasteiger partial charge in [0.2, 0.25) is 11.9 Å². The van der Waals surface area contributed by atoms with Crippen LogP contribution in [-0.4, -0.2) is 65.7 Å². The summed E-state index contributed by atoms with van der Waals surface area (Å²) in [5, 5.41) is 17.2. The van der Waals surface area contributed by atoms with Crippen LogP contribution in [0.5, 0.6) is 5.75 Å². The highest BCUT2D eigenvalue weighted by atomic mass is 16.5. The fraction of sp³-hybridized carbons (Fsp3) is 0.333. The summed E-state index contributed by atoms with van der Waals surface area (Å²) in [4.78, 5) is 26.2. The van der Waals surface area contributed by atoms with Crippen molar-refractivity contribution in [1.29, 1.82) is 5.26 Å². The number of anilines is 4. The molecule has 10 nitrogen and oxygen atoms in total. The predicted molar refractivity (Wildman–Crippen MR) is 170 cm³/mol. The lowest BCUT2D eigenvalue weighted by Crippen LogP contribution is -2.37. The van der Waals surface area contributed by atoms with Crippen LogP contribution in [0.4, 0.5) is 23.0 Å². The maximum absolute atomic E-state index is 12.4. The smallest absolute Gasteiger partial charge is 0.247 e. The van der Waals surface area contributed by atoms with Crippen molar-refractivity contribution >= 4 is 39.8 Å². The highest BCUT2D eigenvalue weighted by molar-refractivity contribution is 6.02. The van der Waals surface area contributed by atoms with Crippen LogP contribution in [0.15, 0.2) is 61.4 Å². The third-order valence-corrected chi connectivity index (χ3v) is 8.42. The molecule has 2 aliphatic rings. The number of methoxy groups -OCH3 is 1. The summed E-state index contributed by atoms with van der Waals surface area (Å²) in [7, 11) is 5.77. The summed E-state index contributed by atoms with van der Waals surface area (Å²) < 4.78 is 8.09. The molecule has 10 heteroatoms. The highest BCUT2D eigenvalue weighted by Crippen LogP contribution is 2.42. The Kier molecular flexibility index (Phi) is 7.74. The fourth-order valence-electron chi connectivity index (χ4n) is 5.96. The lowest BCUT2D eigenvalue weighted by atomic mass is 10.1. The molecule has 1 amide bonds. The number of amides is 1. The average Bonchev–Trinajstić information content (AvgIpc) is 3.68. The van der Waals surface area contributed by atoms with Gasteiger partial charge in [-0.15, -0.1) is 0 Å². The van der Waals surface area contributed by atoms with E-state index in [1.807, 2.05) is 31.3 Å². The second-order valence-corrected chi connectivity index (χ2v) is 11.3.